The predicted molar refractivity (Wildman–Crippen MR) is 43.7 cm³/mol. The van der Waals surface area contributed by atoms with Crippen LogP contribution in [0.25, 0.3) is 0 Å². The molecule has 0 heterocycles. The van der Waals surface area contributed by atoms with Crippen LogP contribution in [-0.4, -0.2) is 0 Å². The van der Waals surface area contributed by atoms with Crippen molar-refractivity contribution in [3.05, 3.63) is 0 Å². The second kappa shape index (κ2) is 1.99. The molecule has 0 aliphatic heterocycles. The molecule has 0 N–H and O–H groups in total. The Morgan fingerprint density at radius 3 is 2.20 bits per heavy atom. The van der Waals surface area contributed by atoms with E-state index in [0.717, 1.165) is 11.8 Å². The van der Waals surface area contributed by atoms with Gasteiger partial charge >= 0.3 is 0 Å². The molecule has 0 radical (unpaired) electrons. The fraction of sp³-hybridized carbons (Fsp3) is 1.00. The fourth-order valence-electron chi connectivity index (χ4n) is 2.50. The average molecular weight is 138 g/mol. The Balaban J connectivity index is 1.60. The Bertz CT molecular complexity index is 127. The van der Waals surface area contributed by atoms with Crippen LogP contribution < -0.4 is 0 Å². The molecule has 2 unspecified atom stereocenters. The first-order chi connectivity index (χ1) is 4.72. The van der Waals surface area contributed by atoms with Crippen LogP contribution in [0.4, 0.5) is 0 Å². The van der Waals surface area contributed by atoms with Crippen LogP contribution >= 0.6 is 0 Å². The molecule has 2 fully saturated rings. The van der Waals surface area contributed by atoms with Gasteiger partial charge in [0.2, 0.25) is 0 Å². The van der Waals surface area contributed by atoms with E-state index in [1.165, 1.54) is 30.6 Å². The molecule has 2 aliphatic rings. The molecular formula is C10H18. The number of hydrogen-bond donors (Lipinski definition) is 0. The summed E-state index contributed by atoms with van der Waals surface area (Å²) in [5.41, 5.74) is 0. The smallest absolute Gasteiger partial charge is 0.0321 e. The SMILES string of the molecule is CC(C)CCC1C2C(C)C12. The minimum atomic E-state index is 0.926. The summed E-state index contributed by atoms with van der Waals surface area (Å²) in [5.74, 6) is 5.61. The Morgan fingerprint density at radius 2 is 1.80 bits per heavy atom. The molecule has 0 aromatic rings. The minimum absolute atomic E-state index is 0.926. The highest BCUT2D eigenvalue weighted by molar-refractivity contribution is 5.16. The van der Waals surface area contributed by atoms with E-state index in [0.29, 0.717) is 0 Å². The lowest BCUT2D eigenvalue weighted by Crippen LogP contribution is -1.98. The van der Waals surface area contributed by atoms with E-state index in [-0.39, 0.29) is 0 Å². The van der Waals surface area contributed by atoms with Gasteiger partial charge < -0.3 is 0 Å². The first kappa shape index (κ1) is 6.69. The lowest BCUT2D eigenvalue weighted by Gasteiger charge is -2.08. The largest absolute Gasteiger partial charge is 0.0628 e. The maximum absolute atomic E-state index is 2.40. The van der Waals surface area contributed by atoms with Crippen LogP contribution in [0.15, 0.2) is 0 Å². The van der Waals surface area contributed by atoms with Gasteiger partial charge in [-0.3, -0.25) is 0 Å². The molecule has 0 bridgehead atoms. The monoisotopic (exact) mass is 138 g/mol. The van der Waals surface area contributed by atoms with Crippen LogP contribution in [-0.2, 0) is 0 Å². The molecule has 2 saturated carbocycles. The average Bonchev–Trinajstić information content (AvgIpc) is 2.68. The number of hydrogen-bond acceptors (Lipinski definition) is 0. The van der Waals surface area contributed by atoms with Gasteiger partial charge in [-0.2, -0.15) is 0 Å². The molecule has 2 rings (SSSR count). The van der Waals surface area contributed by atoms with Crippen molar-refractivity contribution in [1.29, 1.82) is 0 Å². The normalized spacial score (nSPS) is 49.2. The molecule has 0 aromatic heterocycles. The molecule has 0 amide bonds. The molecule has 58 valence electrons. The molecular weight excluding hydrogens is 120 g/mol. The van der Waals surface area contributed by atoms with Crippen LogP contribution in [0.3, 0.4) is 0 Å². The van der Waals surface area contributed by atoms with Crippen molar-refractivity contribution in [3.8, 4) is 0 Å². The van der Waals surface area contributed by atoms with Crippen molar-refractivity contribution >= 4 is 0 Å². The summed E-state index contributed by atoms with van der Waals surface area (Å²) in [6.07, 6.45) is 2.99. The third-order valence-corrected chi connectivity index (χ3v) is 3.44. The van der Waals surface area contributed by atoms with Crippen LogP contribution in [0, 0.1) is 29.6 Å². The van der Waals surface area contributed by atoms with Gasteiger partial charge in [-0.1, -0.05) is 27.2 Å². The van der Waals surface area contributed by atoms with Crippen molar-refractivity contribution in [2.75, 3.05) is 0 Å². The Morgan fingerprint density at radius 1 is 1.20 bits per heavy atom. The zero-order chi connectivity index (χ0) is 7.30. The van der Waals surface area contributed by atoms with Crippen molar-refractivity contribution in [1.82, 2.24) is 0 Å². The molecule has 2 atom stereocenters. The van der Waals surface area contributed by atoms with Crippen molar-refractivity contribution in [2.24, 2.45) is 29.6 Å². The molecule has 0 spiro atoms. The highest BCUT2D eigenvalue weighted by atomic mass is 14.7. The quantitative estimate of drug-likeness (QED) is 0.562. The standard InChI is InChI=1S/C10H18/c1-6(2)4-5-8-9-7(3)10(8)9/h6-10H,4-5H2,1-3H3. The molecule has 0 saturated heterocycles. The Hall–Kier alpha value is 0. The van der Waals surface area contributed by atoms with E-state index >= 15 is 0 Å². The van der Waals surface area contributed by atoms with Gasteiger partial charge in [0.15, 0.2) is 0 Å². The fourth-order valence-corrected chi connectivity index (χ4v) is 2.50. The third-order valence-electron chi connectivity index (χ3n) is 3.44. The summed E-state index contributed by atoms with van der Waals surface area (Å²) in [6.45, 7) is 7.07. The Labute approximate surface area is 64.0 Å². The second-order valence-corrected chi connectivity index (χ2v) is 4.65. The second-order valence-electron chi connectivity index (χ2n) is 4.65. The molecule has 0 heteroatoms. The summed E-state index contributed by atoms with van der Waals surface area (Å²) >= 11 is 0. The number of fused-ring (bicyclic) bond motifs is 1. The third kappa shape index (κ3) is 0.889. The van der Waals surface area contributed by atoms with E-state index in [2.05, 4.69) is 20.8 Å². The summed E-state index contributed by atoms with van der Waals surface area (Å²) < 4.78 is 0. The van der Waals surface area contributed by atoms with E-state index < -0.39 is 0 Å². The van der Waals surface area contributed by atoms with Gasteiger partial charge in [0, 0.05) is 0 Å². The highest BCUT2D eigenvalue weighted by Gasteiger charge is 2.69. The number of rotatable bonds is 3. The van der Waals surface area contributed by atoms with Gasteiger partial charge in [-0.05, 0) is 36.0 Å². The maximum Gasteiger partial charge on any atom is -0.0321 e. The molecule has 0 aromatic carbocycles. The maximum atomic E-state index is 2.40. The zero-order valence-electron chi connectivity index (χ0n) is 7.30. The molecule has 0 nitrogen and oxygen atoms in total. The first-order valence-corrected chi connectivity index (χ1v) is 4.72. The van der Waals surface area contributed by atoms with Gasteiger partial charge in [0.25, 0.3) is 0 Å². The minimum Gasteiger partial charge on any atom is -0.0628 e. The summed E-state index contributed by atoms with van der Waals surface area (Å²) in [6, 6.07) is 0. The Kier molecular flexibility index (Phi) is 1.33. The van der Waals surface area contributed by atoms with E-state index in [1.807, 2.05) is 0 Å². The van der Waals surface area contributed by atoms with Crippen molar-refractivity contribution in [2.45, 2.75) is 33.6 Å². The predicted octanol–water partition coefficient (Wildman–Crippen LogP) is 2.93. The lowest BCUT2D eigenvalue weighted by atomic mass is 9.97. The lowest BCUT2D eigenvalue weighted by molar-refractivity contribution is 0.423. The van der Waals surface area contributed by atoms with Crippen LogP contribution in [0.1, 0.15) is 33.6 Å². The zero-order valence-corrected chi connectivity index (χ0v) is 7.30. The molecule has 2 aliphatic carbocycles. The van der Waals surface area contributed by atoms with E-state index in [1.54, 1.807) is 0 Å². The summed E-state index contributed by atoms with van der Waals surface area (Å²) in [5, 5.41) is 0. The highest BCUT2D eigenvalue weighted by Crippen LogP contribution is 2.74. The van der Waals surface area contributed by atoms with Gasteiger partial charge in [-0.15, -0.1) is 0 Å². The summed E-state index contributed by atoms with van der Waals surface area (Å²) in [4.78, 5) is 0. The van der Waals surface area contributed by atoms with Gasteiger partial charge in [0.1, 0.15) is 0 Å². The van der Waals surface area contributed by atoms with Crippen molar-refractivity contribution < 1.29 is 0 Å². The van der Waals surface area contributed by atoms with Crippen LogP contribution in [0.2, 0.25) is 0 Å². The van der Waals surface area contributed by atoms with E-state index in [4.69, 9.17) is 0 Å². The van der Waals surface area contributed by atoms with E-state index in [9.17, 15) is 0 Å². The van der Waals surface area contributed by atoms with Crippen LogP contribution in [0.5, 0.6) is 0 Å². The van der Waals surface area contributed by atoms with Gasteiger partial charge in [0.05, 0.1) is 0 Å². The van der Waals surface area contributed by atoms with Gasteiger partial charge in [-0.25, -0.2) is 0 Å². The molecule has 10 heavy (non-hydrogen) atoms. The first-order valence-electron chi connectivity index (χ1n) is 4.72. The van der Waals surface area contributed by atoms with Crippen molar-refractivity contribution in [3.63, 3.8) is 0 Å². The summed E-state index contributed by atoms with van der Waals surface area (Å²) in [7, 11) is 0. The topological polar surface area (TPSA) is 0 Å².